The number of aromatic nitrogens is 2. The molecule has 33 heavy (non-hydrogen) atoms. The number of nitrogens with one attached hydrogen (secondary N) is 1. The molecule has 2 aromatic heterocycles. The Balaban J connectivity index is 1.28. The van der Waals surface area contributed by atoms with Crippen molar-refractivity contribution in [3.8, 4) is 0 Å². The van der Waals surface area contributed by atoms with Crippen molar-refractivity contribution in [2.45, 2.75) is 6.92 Å². The second-order valence-corrected chi connectivity index (χ2v) is 7.89. The van der Waals surface area contributed by atoms with Crippen LogP contribution in [0.5, 0.6) is 0 Å². The van der Waals surface area contributed by atoms with Crippen LogP contribution in [0.1, 0.15) is 17.3 Å². The van der Waals surface area contributed by atoms with Crippen molar-refractivity contribution in [1.82, 2.24) is 14.3 Å². The van der Waals surface area contributed by atoms with E-state index in [1.807, 2.05) is 24.3 Å². The Kier molecular flexibility index (Phi) is 5.56. The Morgan fingerprint density at radius 1 is 0.970 bits per heavy atom. The molecule has 2 amide bonds. The molecule has 0 saturated carbocycles. The summed E-state index contributed by atoms with van der Waals surface area (Å²) in [4.78, 5) is 33.7. The zero-order valence-corrected chi connectivity index (χ0v) is 18.4. The topological polar surface area (TPSA) is 79.2 Å². The molecular formula is C25H25N5O3. The Morgan fingerprint density at radius 3 is 2.58 bits per heavy atom. The Hall–Kier alpha value is -4.07. The summed E-state index contributed by atoms with van der Waals surface area (Å²) in [6, 6.07) is 18.8. The summed E-state index contributed by atoms with van der Waals surface area (Å²) in [5, 5.41) is 2.89. The highest BCUT2D eigenvalue weighted by Crippen LogP contribution is 2.26. The molecule has 4 aromatic rings. The fourth-order valence-corrected chi connectivity index (χ4v) is 4.20. The van der Waals surface area contributed by atoms with Gasteiger partial charge >= 0.3 is 12.0 Å². The van der Waals surface area contributed by atoms with E-state index in [-0.39, 0.29) is 6.03 Å². The molecule has 0 atom stereocenters. The maximum atomic E-state index is 12.8. The molecule has 0 unspecified atom stereocenters. The summed E-state index contributed by atoms with van der Waals surface area (Å²) >= 11 is 0. The van der Waals surface area contributed by atoms with Crippen LogP contribution in [0, 0.1) is 0 Å². The van der Waals surface area contributed by atoms with Crippen LogP contribution in [0.4, 0.5) is 16.3 Å². The highest BCUT2D eigenvalue weighted by Gasteiger charge is 2.24. The summed E-state index contributed by atoms with van der Waals surface area (Å²) < 4.78 is 7.19. The number of ether oxygens (including phenoxy) is 1. The molecule has 0 aliphatic carbocycles. The van der Waals surface area contributed by atoms with Crippen molar-refractivity contribution >= 4 is 40.1 Å². The summed E-state index contributed by atoms with van der Waals surface area (Å²) in [7, 11) is 0. The van der Waals surface area contributed by atoms with E-state index in [9.17, 15) is 9.59 Å². The average molecular weight is 444 g/mol. The molecule has 1 N–H and O–H groups in total. The lowest BCUT2D eigenvalue weighted by Crippen LogP contribution is -2.50. The van der Waals surface area contributed by atoms with Gasteiger partial charge in [0, 0.05) is 38.1 Å². The van der Waals surface area contributed by atoms with E-state index in [0.29, 0.717) is 44.0 Å². The van der Waals surface area contributed by atoms with Gasteiger partial charge < -0.3 is 24.3 Å². The van der Waals surface area contributed by atoms with Gasteiger partial charge in [0.1, 0.15) is 0 Å². The molecule has 1 fully saturated rings. The molecule has 5 rings (SSSR count). The molecule has 3 heterocycles. The zero-order valence-electron chi connectivity index (χ0n) is 18.4. The molecule has 1 aliphatic heterocycles. The number of esters is 1. The first-order chi connectivity index (χ1) is 16.1. The number of hydrogen-bond acceptors (Lipinski definition) is 5. The number of anilines is 2. The predicted molar refractivity (Wildman–Crippen MR) is 128 cm³/mol. The number of carbonyl (C=O) groups excluding carboxylic acids is 2. The van der Waals surface area contributed by atoms with Crippen LogP contribution in [-0.2, 0) is 4.74 Å². The molecule has 1 aliphatic rings. The molecular weight excluding hydrogens is 418 g/mol. The second kappa shape index (κ2) is 8.82. The predicted octanol–water partition coefficient (Wildman–Crippen LogP) is 4.02. The van der Waals surface area contributed by atoms with Crippen molar-refractivity contribution < 1.29 is 14.3 Å². The SMILES string of the molecule is CCOC(=O)c1cccc(NC(=O)N2CCN(c3nc4ccccc4n4cccc34)CC2)c1. The molecule has 2 aromatic carbocycles. The number of piperazine rings is 1. The quantitative estimate of drug-likeness (QED) is 0.482. The maximum Gasteiger partial charge on any atom is 0.338 e. The van der Waals surface area contributed by atoms with E-state index in [1.54, 1.807) is 36.1 Å². The van der Waals surface area contributed by atoms with E-state index in [4.69, 9.17) is 9.72 Å². The minimum Gasteiger partial charge on any atom is -0.462 e. The number of para-hydroxylation sites is 2. The second-order valence-electron chi connectivity index (χ2n) is 7.89. The molecule has 8 heteroatoms. The van der Waals surface area contributed by atoms with E-state index < -0.39 is 5.97 Å². The smallest absolute Gasteiger partial charge is 0.338 e. The fourth-order valence-electron chi connectivity index (χ4n) is 4.20. The minimum absolute atomic E-state index is 0.185. The van der Waals surface area contributed by atoms with Crippen LogP contribution >= 0.6 is 0 Å². The first-order valence-electron chi connectivity index (χ1n) is 11.1. The van der Waals surface area contributed by atoms with Gasteiger partial charge in [0.15, 0.2) is 5.82 Å². The third-order valence-electron chi connectivity index (χ3n) is 5.84. The lowest BCUT2D eigenvalue weighted by molar-refractivity contribution is 0.0526. The van der Waals surface area contributed by atoms with E-state index in [2.05, 4.69) is 32.9 Å². The van der Waals surface area contributed by atoms with Gasteiger partial charge in [0.2, 0.25) is 0 Å². The van der Waals surface area contributed by atoms with Gasteiger partial charge in [-0.2, -0.15) is 0 Å². The van der Waals surface area contributed by atoms with Gasteiger partial charge in [0.25, 0.3) is 0 Å². The number of hydrogen-bond donors (Lipinski definition) is 1. The third kappa shape index (κ3) is 4.07. The monoisotopic (exact) mass is 443 g/mol. The van der Waals surface area contributed by atoms with Gasteiger partial charge in [-0.3, -0.25) is 0 Å². The van der Waals surface area contributed by atoms with Crippen LogP contribution in [0.3, 0.4) is 0 Å². The number of fused-ring (bicyclic) bond motifs is 3. The summed E-state index contributed by atoms with van der Waals surface area (Å²) in [6.45, 7) is 4.58. The first kappa shape index (κ1) is 20.8. The average Bonchev–Trinajstić information content (AvgIpc) is 3.34. The largest absolute Gasteiger partial charge is 0.462 e. The van der Waals surface area contributed by atoms with E-state index in [1.165, 1.54) is 0 Å². The number of amides is 2. The van der Waals surface area contributed by atoms with Crippen molar-refractivity contribution in [2.24, 2.45) is 0 Å². The lowest BCUT2D eigenvalue weighted by Gasteiger charge is -2.35. The number of carbonyl (C=O) groups is 2. The summed E-state index contributed by atoms with van der Waals surface area (Å²) in [6.07, 6.45) is 2.05. The van der Waals surface area contributed by atoms with Crippen molar-refractivity contribution in [1.29, 1.82) is 0 Å². The van der Waals surface area contributed by atoms with Gasteiger partial charge in [-0.05, 0) is 49.4 Å². The standard InChI is InChI=1S/C25H25N5O3/c1-2-33-24(31)18-7-5-8-19(17-18)26-25(32)29-15-13-28(14-16-29)23-22-11-6-12-30(22)21-10-4-3-9-20(21)27-23/h3-12,17H,2,13-16H2,1H3,(H,26,32). The first-order valence-corrected chi connectivity index (χ1v) is 11.1. The van der Waals surface area contributed by atoms with Crippen LogP contribution < -0.4 is 10.2 Å². The normalized spacial score (nSPS) is 14.0. The Labute approximate surface area is 191 Å². The lowest BCUT2D eigenvalue weighted by atomic mass is 10.2. The molecule has 168 valence electrons. The molecule has 1 saturated heterocycles. The Bertz CT molecular complexity index is 1320. The van der Waals surface area contributed by atoms with Crippen LogP contribution in [0.25, 0.3) is 16.6 Å². The van der Waals surface area contributed by atoms with E-state index in [0.717, 1.165) is 22.4 Å². The number of nitrogens with zero attached hydrogens (tertiary/aromatic N) is 4. The molecule has 0 bridgehead atoms. The maximum absolute atomic E-state index is 12.8. The number of rotatable bonds is 4. The fraction of sp³-hybridized carbons (Fsp3) is 0.240. The number of benzene rings is 2. The highest BCUT2D eigenvalue weighted by atomic mass is 16.5. The third-order valence-corrected chi connectivity index (χ3v) is 5.84. The van der Waals surface area contributed by atoms with Crippen molar-refractivity contribution in [2.75, 3.05) is 43.0 Å². The summed E-state index contributed by atoms with van der Waals surface area (Å²) in [5.41, 5.74) is 4.06. The zero-order chi connectivity index (χ0) is 22.8. The van der Waals surface area contributed by atoms with Crippen LogP contribution in [-0.4, -0.2) is 59.1 Å². The number of urea groups is 1. The van der Waals surface area contributed by atoms with Crippen LogP contribution in [0.15, 0.2) is 66.9 Å². The van der Waals surface area contributed by atoms with Gasteiger partial charge in [-0.25, -0.2) is 14.6 Å². The van der Waals surface area contributed by atoms with Crippen molar-refractivity contribution in [3.63, 3.8) is 0 Å². The van der Waals surface area contributed by atoms with Crippen molar-refractivity contribution in [3.05, 3.63) is 72.4 Å². The molecule has 0 spiro atoms. The Morgan fingerprint density at radius 2 is 1.76 bits per heavy atom. The van der Waals surface area contributed by atoms with E-state index >= 15 is 0 Å². The van der Waals surface area contributed by atoms with Gasteiger partial charge in [-0.15, -0.1) is 0 Å². The van der Waals surface area contributed by atoms with Gasteiger partial charge in [-0.1, -0.05) is 18.2 Å². The molecule has 8 nitrogen and oxygen atoms in total. The minimum atomic E-state index is -0.401. The molecule has 0 radical (unpaired) electrons. The summed E-state index contributed by atoms with van der Waals surface area (Å²) in [5.74, 6) is 0.530. The van der Waals surface area contributed by atoms with Crippen LogP contribution in [0.2, 0.25) is 0 Å². The highest BCUT2D eigenvalue weighted by molar-refractivity contribution is 5.94. The van der Waals surface area contributed by atoms with Gasteiger partial charge in [0.05, 0.1) is 28.7 Å².